The molecule has 7 heteroatoms. The van der Waals surface area contributed by atoms with Crippen LogP contribution in [0.5, 0.6) is 11.5 Å². The van der Waals surface area contributed by atoms with Gasteiger partial charge in [-0.3, -0.25) is 14.9 Å². The molecule has 0 aliphatic carbocycles. The van der Waals surface area contributed by atoms with Crippen LogP contribution in [0.3, 0.4) is 0 Å². The Kier molecular flexibility index (Phi) is 3.38. The number of fused-ring (bicyclic) bond motifs is 1. The molecular formula is C15H12N2O5. The van der Waals surface area contributed by atoms with Crippen molar-refractivity contribution in [2.75, 3.05) is 6.61 Å². The van der Waals surface area contributed by atoms with E-state index in [1.807, 2.05) is 18.2 Å². The summed E-state index contributed by atoms with van der Waals surface area (Å²) in [6, 6.07) is 10.8. The number of benzene rings is 2. The topological polar surface area (TPSA) is 102 Å². The minimum absolute atomic E-state index is 0.140. The summed E-state index contributed by atoms with van der Waals surface area (Å²) in [4.78, 5) is 22.3. The number of nitrogens with one attached hydrogen (secondary N) is 1. The van der Waals surface area contributed by atoms with Crippen molar-refractivity contribution in [1.29, 1.82) is 0 Å². The van der Waals surface area contributed by atoms with E-state index in [-0.39, 0.29) is 18.2 Å². The number of aromatic hydroxyl groups is 1. The number of nitro groups is 1. The van der Waals surface area contributed by atoms with Crippen LogP contribution < -0.4 is 10.1 Å². The van der Waals surface area contributed by atoms with Crippen molar-refractivity contribution in [1.82, 2.24) is 5.32 Å². The highest BCUT2D eigenvalue weighted by Gasteiger charge is 2.27. The van der Waals surface area contributed by atoms with E-state index < -0.39 is 22.3 Å². The molecular weight excluding hydrogens is 288 g/mol. The summed E-state index contributed by atoms with van der Waals surface area (Å²) < 4.78 is 5.45. The van der Waals surface area contributed by atoms with E-state index in [1.165, 1.54) is 12.1 Å². The van der Waals surface area contributed by atoms with Crippen LogP contribution in [0.25, 0.3) is 0 Å². The molecule has 7 nitrogen and oxygen atoms in total. The van der Waals surface area contributed by atoms with Crippen molar-refractivity contribution in [3.8, 4) is 11.5 Å². The van der Waals surface area contributed by atoms with Gasteiger partial charge in [0, 0.05) is 11.6 Å². The van der Waals surface area contributed by atoms with Crippen LogP contribution in [0.2, 0.25) is 0 Å². The molecule has 0 unspecified atom stereocenters. The number of hydrogen-bond donors (Lipinski definition) is 2. The molecule has 0 saturated carbocycles. The molecule has 0 aromatic heterocycles. The molecule has 0 fully saturated rings. The van der Waals surface area contributed by atoms with Crippen LogP contribution in [0.4, 0.5) is 5.69 Å². The molecule has 0 radical (unpaired) electrons. The lowest BCUT2D eigenvalue weighted by molar-refractivity contribution is -0.385. The van der Waals surface area contributed by atoms with Crippen LogP contribution in [0.15, 0.2) is 42.5 Å². The van der Waals surface area contributed by atoms with Crippen molar-refractivity contribution in [2.45, 2.75) is 6.04 Å². The quantitative estimate of drug-likeness (QED) is 0.668. The number of nitrogens with zero attached hydrogens (tertiary/aromatic N) is 1. The van der Waals surface area contributed by atoms with Gasteiger partial charge >= 0.3 is 5.69 Å². The predicted molar refractivity (Wildman–Crippen MR) is 76.9 cm³/mol. The molecule has 2 N–H and O–H groups in total. The van der Waals surface area contributed by atoms with E-state index in [9.17, 15) is 20.0 Å². The second kappa shape index (κ2) is 5.36. The van der Waals surface area contributed by atoms with E-state index in [2.05, 4.69) is 5.32 Å². The summed E-state index contributed by atoms with van der Waals surface area (Å²) >= 11 is 0. The molecule has 1 atom stereocenters. The largest absolute Gasteiger partial charge is 0.502 e. The van der Waals surface area contributed by atoms with Gasteiger partial charge in [-0.25, -0.2) is 0 Å². The number of amides is 1. The predicted octanol–water partition coefficient (Wildman–Crippen LogP) is 2.16. The molecule has 0 spiro atoms. The zero-order valence-electron chi connectivity index (χ0n) is 11.4. The molecule has 3 rings (SSSR count). The van der Waals surface area contributed by atoms with Crippen LogP contribution in [0.1, 0.15) is 22.0 Å². The molecule has 1 heterocycles. The average molecular weight is 300 g/mol. The van der Waals surface area contributed by atoms with Crippen molar-refractivity contribution in [3.05, 3.63) is 63.7 Å². The number of ether oxygens (including phenoxy) is 1. The minimum Gasteiger partial charge on any atom is -0.502 e. The Hall–Kier alpha value is -3.09. The van der Waals surface area contributed by atoms with Crippen molar-refractivity contribution in [2.24, 2.45) is 0 Å². The summed E-state index contributed by atoms with van der Waals surface area (Å²) in [5.74, 6) is -0.542. The van der Waals surface area contributed by atoms with Crippen molar-refractivity contribution in [3.63, 3.8) is 0 Å². The van der Waals surface area contributed by atoms with Crippen LogP contribution in [-0.2, 0) is 0 Å². The van der Waals surface area contributed by atoms with Gasteiger partial charge in [-0.1, -0.05) is 24.3 Å². The van der Waals surface area contributed by atoms with Gasteiger partial charge in [0.1, 0.15) is 12.4 Å². The number of rotatable bonds is 3. The monoisotopic (exact) mass is 300 g/mol. The number of nitro benzene ring substituents is 1. The van der Waals surface area contributed by atoms with Crippen molar-refractivity contribution < 1.29 is 19.6 Å². The first-order valence-corrected chi connectivity index (χ1v) is 6.57. The Labute approximate surface area is 125 Å². The smallest absolute Gasteiger partial charge is 0.311 e. The van der Waals surface area contributed by atoms with Crippen LogP contribution >= 0.6 is 0 Å². The molecule has 1 aliphatic rings. The van der Waals surface area contributed by atoms with Gasteiger partial charge in [-0.2, -0.15) is 0 Å². The van der Waals surface area contributed by atoms with E-state index in [0.29, 0.717) is 5.75 Å². The maximum absolute atomic E-state index is 12.3. The summed E-state index contributed by atoms with van der Waals surface area (Å²) in [7, 11) is 0. The van der Waals surface area contributed by atoms with Crippen LogP contribution in [0, 0.1) is 10.1 Å². The lowest BCUT2D eigenvalue weighted by Gasteiger charge is -2.12. The van der Waals surface area contributed by atoms with E-state index in [0.717, 1.165) is 11.6 Å². The van der Waals surface area contributed by atoms with Gasteiger partial charge < -0.3 is 15.2 Å². The molecule has 1 aliphatic heterocycles. The minimum atomic E-state index is -0.736. The van der Waals surface area contributed by atoms with E-state index in [4.69, 9.17) is 4.74 Å². The van der Waals surface area contributed by atoms with Crippen LogP contribution in [-0.4, -0.2) is 22.5 Å². The first kappa shape index (κ1) is 13.9. The average Bonchev–Trinajstić information content (AvgIpc) is 2.90. The first-order chi connectivity index (χ1) is 10.6. The van der Waals surface area contributed by atoms with E-state index >= 15 is 0 Å². The second-order valence-electron chi connectivity index (χ2n) is 4.81. The summed E-state index contributed by atoms with van der Waals surface area (Å²) in [5.41, 5.74) is 0.190. The van der Waals surface area contributed by atoms with Gasteiger partial charge in [0.2, 0.25) is 5.75 Å². The number of carbonyl (C=O) groups excluding carboxylic acids is 1. The maximum Gasteiger partial charge on any atom is 0.311 e. The standard InChI is InChI=1S/C15H12N2O5/c18-14-10(5-3-6-12(14)17(20)21)15(19)16-11-8-22-13-7-2-1-4-9(11)13/h1-7,11,18H,8H2,(H,16,19)/t11-/m0/s1. The van der Waals surface area contributed by atoms with Gasteiger partial charge in [-0.05, 0) is 12.1 Å². The van der Waals surface area contributed by atoms with Gasteiger partial charge in [0.15, 0.2) is 0 Å². The maximum atomic E-state index is 12.3. The molecule has 0 saturated heterocycles. The summed E-state index contributed by atoms with van der Waals surface area (Å²) in [6.45, 7) is 0.279. The fourth-order valence-electron chi connectivity index (χ4n) is 2.38. The van der Waals surface area contributed by atoms with Gasteiger partial charge in [-0.15, -0.1) is 0 Å². The zero-order valence-corrected chi connectivity index (χ0v) is 11.4. The Balaban J connectivity index is 1.85. The number of phenolic OH excluding ortho intramolecular Hbond substituents is 1. The molecule has 112 valence electrons. The highest BCUT2D eigenvalue weighted by molar-refractivity contribution is 5.98. The fourth-order valence-corrected chi connectivity index (χ4v) is 2.38. The first-order valence-electron chi connectivity index (χ1n) is 6.57. The molecule has 2 aromatic carbocycles. The number of para-hydroxylation sites is 2. The zero-order chi connectivity index (χ0) is 15.7. The van der Waals surface area contributed by atoms with Gasteiger partial charge in [0.05, 0.1) is 16.5 Å². The summed E-state index contributed by atoms with van der Waals surface area (Å²) in [5, 5.41) is 23.4. The summed E-state index contributed by atoms with van der Waals surface area (Å²) in [6.07, 6.45) is 0. The van der Waals surface area contributed by atoms with Gasteiger partial charge in [0.25, 0.3) is 5.91 Å². The Morgan fingerprint density at radius 1 is 1.27 bits per heavy atom. The number of hydrogen-bond acceptors (Lipinski definition) is 5. The number of phenols is 1. The van der Waals surface area contributed by atoms with Crippen molar-refractivity contribution >= 4 is 11.6 Å². The normalized spacial score (nSPS) is 15.7. The lowest BCUT2D eigenvalue weighted by Crippen LogP contribution is -2.29. The molecule has 2 aromatic rings. The Morgan fingerprint density at radius 3 is 2.82 bits per heavy atom. The SMILES string of the molecule is O=C(N[C@H]1COc2ccccc21)c1cccc([N+](=O)[O-])c1O. The fraction of sp³-hybridized carbons (Fsp3) is 0.133. The highest BCUT2D eigenvalue weighted by atomic mass is 16.6. The number of carbonyl (C=O) groups is 1. The Bertz CT molecular complexity index is 759. The third-order valence-corrected chi connectivity index (χ3v) is 3.46. The highest BCUT2D eigenvalue weighted by Crippen LogP contribution is 2.33. The third-order valence-electron chi connectivity index (χ3n) is 3.46. The second-order valence-corrected chi connectivity index (χ2v) is 4.81. The lowest BCUT2D eigenvalue weighted by atomic mass is 10.1. The van der Waals surface area contributed by atoms with E-state index in [1.54, 1.807) is 6.07 Å². The molecule has 1 amide bonds. The third kappa shape index (κ3) is 2.32. The Morgan fingerprint density at radius 2 is 2.05 bits per heavy atom. The molecule has 0 bridgehead atoms. The molecule has 22 heavy (non-hydrogen) atoms.